The lowest BCUT2D eigenvalue weighted by Crippen LogP contribution is -2.23. The molecule has 0 aromatic heterocycles. The van der Waals surface area contributed by atoms with Crippen LogP contribution < -0.4 is 0 Å². The molecule has 0 saturated heterocycles. The number of hydrogen-bond acceptors (Lipinski definition) is 2. The van der Waals surface area contributed by atoms with Gasteiger partial charge in [-0.2, -0.15) is 0 Å². The molecule has 0 aliphatic rings. The van der Waals surface area contributed by atoms with Gasteiger partial charge < -0.3 is 9.53 Å². The summed E-state index contributed by atoms with van der Waals surface area (Å²) < 4.78 is 5.34. The number of aldehydes is 1. The Morgan fingerprint density at radius 3 is 2.14 bits per heavy atom. The van der Waals surface area contributed by atoms with Crippen LogP contribution in [-0.2, 0) is 9.53 Å². The summed E-state index contributed by atoms with van der Waals surface area (Å²) in [5.41, 5.74) is 0.114. The maximum absolute atomic E-state index is 10.4. The van der Waals surface area contributed by atoms with Crippen molar-refractivity contribution in [1.82, 2.24) is 0 Å². The van der Waals surface area contributed by atoms with E-state index in [2.05, 4.69) is 27.7 Å². The van der Waals surface area contributed by atoms with Crippen molar-refractivity contribution >= 4 is 6.29 Å². The summed E-state index contributed by atoms with van der Waals surface area (Å²) in [5.74, 6) is 0. The average Bonchev–Trinajstić information content (AvgIpc) is 2.03. The first-order chi connectivity index (χ1) is 6.33. The SMILES string of the molecule is COC(C)(C)CCCC(C)(C)CC=O. The summed E-state index contributed by atoms with van der Waals surface area (Å²) in [7, 11) is 1.75. The van der Waals surface area contributed by atoms with E-state index in [0.717, 1.165) is 25.5 Å². The highest BCUT2D eigenvalue weighted by molar-refractivity contribution is 5.50. The van der Waals surface area contributed by atoms with Crippen molar-refractivity contribution in [1.29, 1.82) is 0 Å². The van der Waals surface area contributed by atoms with Gasteiger partial charge in [-0.05, 0) is 32.1 Å². The summed E-state index contributed by atoms with van der Waals surface area (Å²) in [6.07, 6.45) is 4.91. The predicted octanol–water partition coefficient (Wildman–Crippen LogP) is 3.20. The maximum atomic E-state index is 10.4. The Balaban J connectivity index is 3.78. The maximum Gasteiger partial charge on any atom is 0.120 e. The fourth-order valence-electron chi connectivity index (χ4n) is 1.42. The Hall–Kier alpha value is -0.370. The average molecular weight is 200 g/mol. The first-order valence-electron chi connectivity index (χ1n) is 5.32. The number of carbonyl (C=O) groups is 1. The second-order valence-electron chi connectivity index (χ2n) is 5.35. The van der Waals surface area contributed by atoms with Crippen molar-refractivity contribution in [3.8, 4) is 0 Å². The molecule has 0 spiro atoms. The van der Waals surface area contributed by atoms with E-state index in [4.69, 9.17) is 4.74 Å². The minimum absolute atomic E-state index is 0.0305. The van der Waals surface area contributed by atoms with Crippen LogP contribution in [0.5, 0.6) is 0 Å². The van der Waals surface area contributed by atoms with Gasteiger partial charge in [0.1, 0.15) is 6.29 Å². The minimum atomic E-state index is -0.0305. The molecule has 0 bridgehead atoms. The van der Waals surface area contributed by atoms with E-state index in [-0.39, 0.29) is 11.0 Å². The molecule has 0 aromatic rings. The molecule has 2 heteroatoms. The summed E-state index contributed by atoms with van der Waals surface area (Å²) in [6.45, 7) is 8.47. The monoisotopic (exact) mass is 200 g/mol. The first-order valence-corrected chi connectivity index (χ1v) is 5.32. The van der Waals surface area contributed by atoms with Gasteiger partial charge in [-0.25, -0.2) is 0 Å². The molecule has 0 unspecified atom stereocenters. The zero-order valence-corrected chi connectivity index (χ0v) is 10.2. The Morgan fingerprint density at radius 2 is 1.71 bits per heavy atom. The minimum Gasteiger partial charge on any atom is -0.379 e. The molecule has 0 aromatic carbocycles. The predicted molar refractivity (Wildman–Crippen MR) is 59.4 cm³/mol. The van der Waals surface area contributed by atoms with Gasteiger partial charge in [0.05, 0.1) is 5.60 Å². The normalized spacial score (nSPS) is 12.9. The molecule has 0 saturated carbocycles. The Morgan fingerprint density at radius 1 is 1.14 bits per heavy atom. The molecular weight excluding hydrogens is 176 g/mol. The molecular formula is C12H24O2. The van der Waals surface area contributed by atoms with Gasteiger partial charge >= 0.3 is 0 Å². The van der Waals surface area contributed by atoms with E-state index in [1.807, 2.05) is 0 Å². The van der Waals surface area contributed by atoms with E-state index in [1.54, 1.807) is 7.11 Å². The van der Waals surface area contributed by atoms with Crippen LogP contribution in [0.2, 0.25) is 0 Å². The van der Waals surface area contributed by atoms with Gasteiger partial charge in [0, 0.05) is 13.5 Å². The number of carbonyl (C=O) groups excluding carboxylic acids is 1. The quantitative estimate of drug-likeness (QED) is 0.590. The second-order valence-corrected chi connectivity index (χ2v) is 5.35. The van der Waals surface area contributed by atoms with E-state index >= 15 is 0 Å². The highest BCUT2D eigenvalue weighted by Crippen LogP contribution is 2.28. The summed E-state index contributed by atoms with van der Waals surface area (Å²) in [4.78, 5) is 10.4. The lowest BCUT2D eigenvalue weighted by molar-refractivity contribution is -0.109. The zero-order chi connectivity index (χ0) is 11.2. The summed E-state index contributed by atoms with van der Waals surface area (Å²) in [6, 6.07) is 0. The third-order valence-electron chi connectivity index (χ3n) is 2.82. The Labute approximate surface area is 88.0 Å². The topological polar surface area (TPSA) is 26.3 Å². The van der Waals surface area contributed by atoms with Gasteiger partial charge in [0.2, 0.25) is 0 Å². The molecule has 0 fully saturated rings. The molecule has 0 aliphatic carbocycles. The van der Waals surface area contributed by atoms with Crippen LogP contribution in [0.1, 0.15) is 53.4 Å². The van der Waals surface area contributed by atoms with E-state index < -0.39 is 0 Å². The smallest absolute Gasteiger partial charge is 0.120 e. The second kappa shape index (κ2) is 5.50. The number of methoxy groups -OCH3 is 1. The van der Waals surface area contributed by atoms with Crippen LogP contribution in [-0.4, -0.2) is 19.0 Å². The third kappa shape index (κ3) is 6.14. The van der Waals surface area contributed by atoms with E-state index in [1.165, 1.54) is 0 Å². The summed E-state index contributed by atoms with van der Waals surface area (Å²) in [5, 5.41) is 0. The van der Waals surface area contributed by atoms with Crippen molar-refractivity contribution in [2.45, 2.75) is 59.0 Å². The lowest BCUT2D eigenvalue weighted by atomic mass is 9.83. The molecule has 14 heavy (non-hydrogen) atoms. The van der Waals surface area contributed by atoms with Crippen LogP contribution in [0.3, 0.4) is 0 Å². The molecule has 0 amide bonds. The van der Waals surface area contributed by atoms with Crippen molar-refractivity contribution in [3.63, 3.8) is 0 Å². The fourth-order valence-corrected chi connectivity index (χ4v) is 1.42. The molecule has 0 atom stereocenters. The first kappa shape index (κ1) is 13.6. The number of hydrogen-bond donors (Lipinski definition) is 0. The van der Waals surface area contributed by atoms with Crippen LogP contribution in [0.15, 0.2) is 0 Å². The van der Waals surface area contributed by atoms with Gasteiger partial charge in [0.25, 0.3) is 0 Å². The number of ether oxygens (including phenoxy) is 1. The van der Waals surface area contributed by atoms with Gasteiger partial charge in [-0.3, -0.25) is 0 Å². The van der Waals surface area contributed by atoms with Gasteiger partial charge in [0.15, 0.2) is 0 Å². The lowest BCUT2D eigenvalue weighted by Gasteiger charge is -2.26. The Kier molecular flexibility index (Phi) is 5.35. The number of rotatable bonds is 7. The molecule has 0 aliphatic heterocycles. The van der Waals surface area contributed by atoms with Crippen LogP contribution in [0, 0.1) is 5.41 Å². The Bertz CT molecular complexity index is 171. The zero-order valence-electron chi connectivity index (χ0n) is 10.2. The van der Waals surface area contributed by atoms with Crippen molar-refractivity contribution in [3.05, 3.63) is 0 Å². The largest absolute Gasteiger partial charge is 0.379 e. The molecule has 2 nitrogen and oxygen atoms in total. The van der Waals surface area contributed by atoms with Gasteiger partial charge in [-0.15, -0.1) is 0 Å². The third-order valence-corrected chi connectivity index (χ3v) is 2.82. The van der Waals surface area contributed by atoms with Crippen molar-refractivity contribution < 1.29 is 9.53 Å². The van der Waals surface area contributed by atoms with Crippen LogP contribution >= 0.6 is 0 Å². The van der Waals surface area contributed by atoms with E-state index in [9.17, 15) is 4.79 Å². The van der Waals surface area contributed by atoms with Crippen molar-refractivity contribution in [2.24, 2.45) is 5.41 Å². The molecule has 0 radical (unpaired) electrons. The van der Waals surface area contributed by atoms with E-state index in [0.29, 0.717) is 6.42 Å². The fraction of sp³-hybridized carbons (Fsp3) is 0.917. The summed E-state index contributed by atoms with van der Waals surface area (Å²) >= 11 is 0. The standard InChI is InChI=1S/C12H24O2/c1-11(2,9-10-13)7-6-8-12(3,4)14-5/h10H,6-9H2,1-5H3. The highest BCUT2D eigenvalue weighted by atomic mass is 16.5. The molecule has 0 N–H and O–H groups in total. The van der Waals surface area contributed by atoms with Crippen LogP contribution in [0.25, 0.3) is 0 Å². The molecule has 0 heterocycles. The molecule has 84 valence electrons. The molecule has 0 rings (SSSR count). The van der Waals surface area contributed by atoms with Gasteiger partial charge in [-0.1, -0.05) is 20.3 Å². The van der Waals surface area contributed by atoms with Crippen LogP contribution in [0.4, 0.5) is 0 Å². The van der Waals surface area contributed by atoms with Crippen molar-refractivity contribution in [2.75, 3.05) is 7.11 Å². The highest BCUT2D eigenvalue weighted by Gasteiger charge is 2.20.